The number of aldehydes is 1. The zero-order valence-electron chi connectivity index (χ0n) is 16.7. The molecule has 2 aromatic heterocycles. The van der Waals surface area contributed by atoms with Gasteiger partial charge in [-0.15, -0.1) is 0 Å². The van der Waals surface area contributed by atoms with Crippen LogP contribution in [0.3, 0.4) is 0 Å². The smallest absolute Gasteiger partial charge is 0.243 e. The number of hydrogen-bond donors (Lipinski definition) is 1. The van der Waals surface area contributed by atoms with Gasteiger partial charge in [0.1, 0.15) is 11.6 Å². The molecular formula is C23H21N3O4S. The van der Waals surface area contributed by atoms with Gasteiger partial charge in [0.2, 0.25) is 10.0 Å². The molecule has 0 spiro atoms. The largest absolute Gasteiger partial charge is 0.453 e. The van der Waals surface area contributed by atoms with Crippen LogP contribution in [0.25, 0.3) is 22.4 Å². The Labute approximate surface area is 179 Å². The summed E-state index contributed by atoms with van der Waals surface area (Å²) in [6.45, 7) is 0.902. The van der Waals surface area contributed by atoms with E-state index >= 15 is 0 Å². The molecular weight excluding hydrogens is 414 g/mol. The van der Waals surface area contributed by atoms with E-state index in [1.54, 1.807) is 40.7 Å². The summed E-state index contributed by atoms with van der Waals surface area (Å²) >= 11 is 0. The van der Waals surface area contributed by atoms with Crippen molar-refractivity contribution in [2.45, 2.75) is 23.7 Å². The lowest BCUT2D eigenvalue weighted by molar-refractivity contribution is 0.110. The Kier molecular flexibility index (Phi) is 4.95. The number of nitrogens with zero attached hydrogens (tertiary/aromatic N) is 2. The summed E-state index contributed by atoms with van der Waals surface area (Å²) in [7, 11) is -3.57. The molecule has 3 heterocycles. The Hall–Kier alpha value is -3.23. The summed E-state index contributed by atoms with van der Waals surface area (Å²) in [6.07, 6.45) is 2.08. The quantitative estimate of drug-likeness (QED) is 0.474. The van der Waals surface area contributed by atoms with E-state index in [0.717, 1.165) is 35.3 Å². The normalized spacial score (nSPS) is 16.0. The first-order valence-corrected chi connectivity index (χ1v) is 11.6. The van der Waals surface area contributed by atoms with Gasteiger partial charge in [0, 0.05) is 24.6 Å². The van der Waals surface area contributed by atoms with Gasteiger partial charge < -0.3 is 9.40 Å². The summed E-state index contributed by atoms with van der Waals surface area (Å²) < 4.78 is 33.1. The molecule has 31 heavy (non-hydrogen) atoms. The number of para-hydroxylation sites is 2. The number of rotatable bonds is 5. The summed E-state index contributed by atoms with van der Waals surface area (Å²) in [5.74, 6) is 1.90. The van der Waals surface area contributed by atoms with E-state index in [1.807, 2.05) is 24.3 Å². The first-order chi connectivity index (χ1) is 15.0. The summed E-state index contributed by atoms with van der Waals surface area (Å²) in [5.41, 5.74) is 2.66. The van der Waals surface area contributed by atoms with Crippen LogP contribution in [0.5, 0.6) is 0 Å². The number of aromatic amines is 1. The summed E-state index contributed by atoms with van der Waals surface area (Å²) in [5, 5.41) is 0. The van der Waals surface area contributed by atoms with E-state index in [9.17, 15) is 13.2 Å². The number of carbonyl (C=O) groups excluding carboxylic acids is 1. The number of fused-ring (bicyclic) bond motifs is 1. The monoisotopic (exact) mass is 435 g/mol. The van der Waals surface area contributed by atoms with Gasteiger partial charge in [0.15, 0.2) is 12.0 Å². The van der Waals surface area contributed by atoms with Gasteiger partial charge in [-0.2, -0.15) is 4.31 Å². The fourth-order valence-electron chi connectivity index (χ4n) is 4.05. The molecule has 5 rings (SSSR count). The molecule has 1 aliphatic heterocycles. The highest BCUT2D eigenvalue weighted by Gasteiger charge is 2.31. The molecule has 8 heteroatoms. The fraction of sp³-hybridized carbons (Fsp3) is 0.217. The van der Waals surface area contributed by atoms with Crippen LogP contribution in [0.1, 0.15) is 35.1 Å². The zero-order chi connectivity index (χ0) is 21.4. The highest BCUT2D eigenvalue weighted by atomic mass is 32.2. The molecule has 1 aliphatic rings. The van der Waals surface area contributed by atoms with Crippen LogP contribution in [0.2, 0.25) is 0 Å². The molecule has 158 valence electrons. The maximum atomic E-state index is 13.1. The van der Waals surface area contributed by atoms with Crippen LogP contribution in [0.15, 0.2) is 70.0 Å². The number of piperidine rings is 1. The van der Waals surface area contributed by atoms with Crippen molar-refractivity contribution in [2.75, 3.05) is 13.1 Å². The molecule has 2 aromatic carbocycles. The van der Waals surface area contributed by atoms with Crippen molar-refractivity contribution < 1.29 is 17.6 Å². The third-order valence-electron chi connectivity index (χ3n) is 5.77. The van der Waals surface area contributed by atoms with Crippen molar-refractivity contribution in [1.29, 1.82) is 0 Å². The van der Waals surface area contributed by atoms with Crippen molar-refractivity contribution in [1.82, 2.24) is 14.3 Å². The first kappa shape index (κ1) is 19.7. The Morgan fingerprint density at radius 3 is 2.42 bits per heavy atom. The highest BCUT2D eigenvalue weighted by molar-refractivity contribution is 7.89. The van der Waals surface area contributed by atoms with Crippen molar-refractivity contribution >= 4 is 27.3 Å². The Morgan fingerprint density at radius 1 is 1.00 bits per heavy atom. The van der Waals surface area contributed by atoms with Crippen LogP contribution in [-0.4, -0.2) is 42.1 Å². The molecule has 1 saturated heterocycles. The molecule has 0 aliphatic carbocycles. The van der Waals surface area contributed by atoms with E-state index < -0.39 is 10.0 Å². The third kappa shape index (κ3) is 3.68. The molecule has 0 bridgehead atoms. The molecule has 1 fully saturated rings. The number of benzene rings is 2. The van der Waals surface area contributed by atoms with Gasteiger partial charge in [-0.05, 0) is 61.4 Å². The van der Waals surface area contributed by atoms with Crippen molar-refractivity contribution in [3.05, 3.63) is 72.2 Å². The summed E-state index contributed by atoms with van der Waals surface area (Å²) in [6, 6.07) is 17.7. The molecule has 7 nitrogen and oxygen atoms in total. The topological polar surface area (TPSA) is 96.3 Å². The van der Waals surface area contributed by atoms with Crippen LogP contribution < -0.4 is 0 Å². The minimum absolute atomic E-state index is 0.215. The van der Waals surface area contributed by atoms with Gasteiger partial charge in [0.05, 0.1) is 15.9 Å². The predicted molar refractivity (Wildman–Crippen MR) is 116 cm³/mol. The second-order valence-corrected chi connectivity index (χ2v) is 9.60. The zero-order valence-corrected chi connectivity index (χ0v) is 17.5. The maximum absolute atomic E-state index is 13.1. The van der Waals surface area contributed by atoms with E-state index in [2.05, 4.69) is 9.97 Å². The van der Waals surface area contributed by atoms with Crippen molar-refractivity contribution in [3.63, 3.8) is 0 Å². The Bertz CT molecular complexity index is 1300. The number of furan rings is 1. The lowest BCUT2D eigenvalue weighted by Gasteiger charge is -2.30. The summed E-state index contributed by atoms with van der Waals surface area (Å²) in [4.78, 5) is 19.1. The van der Waals surface area contributed by atoms with E-state index in [-0.39, 0.29) is 16.6 Å². The van der Waals surface area contributed by atoms with Crippen LogP contribution in [-0.2, 0) is 10.0 Å². The second-order valence-electron chi connectivity index (χ2n) is 7.66. The molecule has 4 aromatic rings. The number of carbonyl (C=O) groups is 1. The Morgan fingerprint density at radius 2 is 1.74 bits per heavy atom. The van der Waals surface area contributed by atoms with Gasteiger partial charge >= 0.3 is 0 Å². The van der Waals surface area contributed by atoms with Crippen molar-refractivity contribution in [2.24, 2.45) is 0 Å². The van der Waals surface area contributed by atoms with E-state index in [1.165, 1.54) is 0 Å². The Balaban J connectivity index is 1.29. The molecule has 0 unspecified atom stereocenters. The van der Waals surface area contributed by atoms with E-state index in [4.69, 9.17) is 4.42 Å². The minimum atomic E-state index is -3.57. The van der Waals surface area contributed by atoms with Gasteiger partial charge in [-0.3, -0.25) is 4.79 Å². The molecule has 0 radical (unpaired) electrons. The molecule has 1 N–H and O–H groups in total. The van der Waals surface area contributed by atoms with Crippen molar-refractivity contribution in [3.8, 4) is 11.3 Å². The average molecular weight is 436 g/mol. The van der Waals surface area contributed by atoms with Crippen LogP contribution >= 0.6 is 0 Å². The standard InChI is InChI=1S/C23H21N3O4S/c27-15-18-7-10-22(30-18)16-5-8-19(9-6-16)31(28,29)26-13-11-17(12-14-26)23-24-20-3-1-2-4-21(20)25-23/h1-10,15,17H,11-14H2,(H,24,25). The van der Waals surface area contributed by atoms with Crippen LogP contribution in [0, 0.1) is 0 Å². The maximum Gasteiger partial charge on any atom is 0.243 e. The number of sulfonamides is 1. The number of imidazole rings is 1. The first-order valence-electron chi connectivity index (χ1n) is 10.1. The minimum Gasteiger partial charge on any atom is -0.453 e. The molecule has 0 atom stereocenters. The molecule has 0 saturated carbocycles. The number of nitrogens with one attached hydrogen (secondary N) is 1. The van der Waals surface area contributed by atoms with Gasteiger partial charge in [-0.1, -0.05) is 12.1 Å². The fourth-order valence-corrected chi connectivity index (χ4v) is 5.52. The third-order valence-corrected chi connectivity index (χ3v) is 7.68. The number of aromatic nitrogens is 2. The second kappa shape index (κ2) is 7.79. The SMILES string of the molecule is O=Cc1ccc(-c2ccc(S(=O)(=O)N3CCC(c4nc5ccccc5[nH]4)CC3)cc2)o1. The highest BCUT2D eigenvalue weighted by Crippen LogP contribution is 2.31. The van der Waals surface area contributed by atoms with E-state index in [0.29, 0.717) is 25.1 Å². The van der Waals surface area contributed by atoms with Crippen LogP contribution in [0.4, 0.5) is 0 Å². The lowest BCUT2D eigenvalue weighted by Crippen LogP contribution is -2.38. The van der Waals surface area contributed by atoms with Gasteiger partial charge in [-0.25, -0.2) is 13.4 Å². The average Bonchev–Trinajstić information content (AvgIpc) is 3.46. The lowest BCUT2D eigenvalue weighted by atomic mass is 9.97. The molecule has 0 amide bonds. The van der Waals surface area contributed by atoms with Gasteiger partial charge in [0.25, 0.3) is 0 Å². The predicted octanol–water partition coefficient (Wildman–Crippen LogP) is 4.20. The number of hydrogen-bond acceptors (Lipinski definition) is 5. The number of H-pyrrole nitrogens is 1.